The van der Waals surface area contributed by atoms with Crippen LogP contribution < -0.4 is 19.7 Å². The zero-order chi connectivity index (χ0) is 28.7. The monoisotopic (exact) mass is 643 g/mol. The van der Waals surface area contributed by atoms with Crippen LogP contribution in [-0.4, -0.2) is 43.8 Å². The standard InChI is InChI=1S/C26H22BrN5O6S2/c1-16-8-10-19(11-9-16)40(35,36)38-24-20(27)12-17(13-21(24)37-2)15-28-30-22(33)14-23-31-32-26(39-23)29-25(34)18-6-4-3-5-7-18/h3-13,15H,14H2,1-2H3,(H,30,33)(H,29,32,34)/b28-15+. The Morgan fingerprint density at radius 2 is 1.80 bits per heavy atom. The minimum Gasteiger partial charge on any atom is -0.493 e. The first-order chi connectivity index (χ1) is 19.1. The number of benzene rings is 3. The van der Waals surface area contributed by atoms with Gasteiger partial charge >= 0.3 is 10.1 Å². The number of aryl methyl sites for hydroxylation is 1. The largest absolute Gasteiger partial charge is 0.493 e. The lowest BCUT2D eigenvalue weighted by atomic mass is 10.2. The molecule has 0 bridgehead atoms. The van der Waals surface area contributed by atoms with Crippen LogP contribution in [0.15, 0.2) is 81.2 Å². The Hall–Kier alpha value is -4.14. The van der Waals surface area contributed by atoms with Gasteiger partial charge in [0, 0.05) is 5.56 Å². The predicted molar refractivity (Wildman–Crippen MR) is 153 cm³/mol. The summed E-state index contributed by atoms with van der Waals surface area (Å²) in [4.78, 5) is 24.6. The minimum absolute atomic E-state index is 0.00142. The molecule has 0 aliphatic carbocycles. The molecule has 0 aliphatic rings. The summed E-state index contributed by atoms with van der Waals surface area (Å²) in [6.45, 7) is 1.85. The van der Waals surface area contributed by atoms with E-state index < -0.39 is 16.0 Å². The summed E-state index contributed by atoms with van der Waals surface area (Å²) in [6, 6.07) is 18.0. The number of ether oxygens (including phenoxy) is 1. The van der Waals surface area contributed by atoms with E-state index in [1.165, 1.54) is 31.5 Å². The third-order valence-electron chi connectivity index (χ3n) is 5.19. The van der Waals surface area contributed by atoms with Crippen molar-refractivity contribution >= 4 is 60.5 Å². The van der Waals surface area contributed by atoms with Gasteiger partial charge in [-0.2, -0.15) is 13.5 Å². The summed E-state index contributed by atoms with van der Waals surface area (Å²) in [6.07, 6.45) is 1.25. The molecule has 2 amide bonds. The van der Waals surface area contributed by atoms with Crippen LogP contribution in [-0.2, 0) is 21.3 Å². The maximum atomic E-state index is 12.7. The van der Waals surface area contributed by atoms with Gasteiger partial charge in [0.15, 0.2) is 11.5 Å². The quantitative estimate of drug-likeness (QED) is 0.147. The SMILES string of the molecule is COc1cc(/C=N/NC(=O)Cc2nnc(NC(=O)c3ccccc3)s2)cc(Br)c1OS(=O)(=O)c1ccc(C)cc1. The van der Waals surface area contributed by atoms with Crippen molar-refractivity contribution in [1.82, 2.24) is 15.6 Å². The molecule has 4 rings (SSSR count). The average molecular weight is 645 g/mol. The van der Waals surface area contributed by atoms with Crippen LogP contribution in [0.2, 0.25) is 0 Å². The molecule has 1 aromatic heterocycles. The molecule has 0 saturated carbocycles. The molecule has 0 unspecified atom stereocenters. The van der Waals surface area contributed by atoms with E-state index in [0.717, 1.165) is 16.9 Å². The normalized spacial score (nSPS) is 11.3. The Balaban J connectivity index is 1.36. The number of carbonyl (C=O) groups excluding carboxylic acids is 2. The lowest BCUT2D eigenvalue weighted by molar-refractivity contribution is -0.120. The maximum absolute atomic E-state index is 12.7. The molecule has 0 saturated heterocycles. The van der Waals surface area contributed by atoms with Gasteiger partial charge in [-0.1, -0.05) is 47.2 Å². The highest BCUT2D eigenvalue weighted by Gasteiger charge is 2.22. The molecule has 0 atom stereocenters. The fourth-order valence-electron chi connectivity index (χ4n) is 3.25. The number of hydrogen-bond donors (Lipinski definition) is 2. The van der Waals surface area contributed by atoms with Gasteiger partial charge in [0.1, 0.15) is 9.90 Å². The first-order valence-electron chi connectivity index (χ1n) is 11.5. The predicted octanol–water partition coefficient (Wildman–Crippen LogP) is 4.33. The van der Waals surface area contributed by atoms with Gasteiger partial charge in [0.25, 0.3) is 5.91 Å². The first kappa shape index (κ1) is 28.9. The van der Waals surface area contributed by atoms with E-state index in [1.54, 1.807) is 48.5 Å². The van der Waals surface area contributed by atoms with E-state index in [0.29, 0.717) is 20.6 Å². The van der Waals surface area contributed by atoms with Gasteiger partial charge in [0.05, 0.1) is 24.2 Å². The van der Waals surface area contributed by atoms with Crippen molar-refractivity contribution in [3.8, 4) is 11.5 Å². The van der Waals surface area contributed by atoms with E-state index in [4.69, 9.17) is 8.92 Å². The fourth-order valence-corrected chi connectivity index (χ4v) is 5.59. The molecule has 2 N–H and O–H groups in total. The number of aromatic nitrogens is 2. The van der Waals surface area contributed by atoms with Crippen LogP contribution in [0.4, 0.5) is 5.13 Å². The smallest absolute Gasteiger partial charge is 0.339 e. The zero-order valence-corrected chi connectivity index (χ0v) is 24.3. The molecule has 1 heterocycles. The molecule has 3 aromatic carbocycles. The topological polar surface area (TPSA) is 149 Å². The van der Waals surface area contributed by atoms with Crippen molar-refractivity contribution in [1.29, 1.82) is 0 Å². The van der Waals surface area contributed by atoms with Crippen molar-refractivity contribution in [2.75, 3.05) is 12.4 Å². The van der Waals surface area contributed by atoms with Crippen molar-refractivity contribution in [3.63, 3.8) is 0 Å². The highest BCUT2D eigenvalue weighted by molar-refractivity contribution is 9.10. The van der Waals surface area contributed by atoms with Crippen LogP contribution in [0, 0.1) is 6.92 Å². The Morgan fingerprint density at radius 3 is 2.50 bits per heavy atom. The molecule has 4 aromatic rings. The highest BCUT2D eigenvalue weighted by atomic mass is 79.9. The summed E-state index contributed by atoms with van der Waals surface area (Å²) in [5, 5.41) is 15.0. The molecule has 11 nitrogen and oxygen atoms in total. The van der Waals surface area contributed by atoms with Crippen LogP contribution >= 0.6 is 27.3 Å². The summed E-state index contributed by atoms with van der Waals surface area (Å²) in [5.74, 6) is -0.681. The Labute approximate surface area is 242 Å². The number of methoxy groups -OCH3 is 1. The van der Waals surface area contributed by atoms with Gasteiger partial charge in [-0.25, -0.2) is 5.43 Å². The van der Waals surface area contributed by atoms with Gasteiger partial charge in [-0.05, 0) is 64.8 Å². The van der Waals surface area contributed by atoms with Crippen molar-refractivity contribution < 1.29 is 26.9 Å². The molecule has 14 heteroatoms. The molecule has 0 spiro atoms. The average Bonchev–Trinajstić information content (AvgIpc) is 3.36. The van der Waals surface area contributed by atoms with Crippen molar-refractivity contribution in [2.45, 2.75) is 18.2 Å². The second-order valence-electron chi connectivity index (χ2n) is 8.18. The number of halogens is 1. The van der Waals surface area contributed by atoms with E-state index in [1.807, 2.05) is 6.92 Å². The zero-order valence-electron chi connectivity index (χ0n) is 21.1. The Kier molecular flexibility index (Phi) is 9.24. The molecule has 0 radical (unpaired) electrons. The second-order valence-corrected chi connectivity index (χ2v) is 11.6. The van der Waals surface area contributed by atoms with Gasteiger partial charge in [0.2, 0.25) is 11.0 Å². The number of nitrogens with zero attached hydrogens (tertiary/aromatic N) is 3. The molecular weight excluding hydrogens is 622 g/mol. The molecular formula is C26H22BrN5O6S2. The van der Waals surface area contributed by atoms with Crippen molar-refractivity contribution in [3.05, 3.63) is 92.9 Å². The molecule has 0 fully saturated rings. The minimum atomic E-state index is -4.11. The van der Waals surface area contributed by atoms with Crippen LogP contribution in [0.5, 0.6) is 11.5 Å². The lowest BCUT2D eigenvalue weighted by Crippen LogP contribution is -2.19. The third-order valence-corrected chi connectivity index (χ3v) is 7.86. The van der Waals surface area contributed by atoms with E-state index in [9.17, 15) is 18.0 Å². The molecule has 0 aliphatic heterocycles. The first-order valence-corrected chi connectivity index (χ1v) is 14.6. The fraction of sp³-hybridized carbons (Fsp3) is 0.115. The second kappa shape index (κ2) is 12.8. The summed E-state index contributed by atoms with van der Waals surface area (Å²) in [7, 11) is -2.74. The number of anilines is 1. The number of carbonyl (C=O) groups is 2. The lowest BCUT2D eigenvalue weighted by Gasteiger charge is -2.13. The summed E-state index contributed by atoms with van der Waals surface area (Å²) < 4.78 is 36.4. The third kappa shape index (κ3) is 7.49. The van der Waals surface area contributed by atoms with Crippen LogP contribution in [0.3, 0.4) is 0 Å². The molecule has 40 heavy (non-hydrogen) atoms. The molecule has 206 valence electrons. The Morgan fingerprint density at radius 1 is 1.07 bits per heavy atom. The van der Waals surface area contributed by atoms with Gasteiger partial charge < -0.3 is 8.92 Å². The Bertz CT molecular complexity index is 1660. The summed E-state index contributed by atoms with van der Waals surface area (Å²) >= 11 is 4.39. The maximum Gasteiger partial charge on any atom is 0.339 e. The highest BCUT2D eigenvalue weighted by Crippen LogP contribution is 2.38. The number of nitrogens with one attached hydrogen (secondary N) is 2. The van der Waals surface area contributed by atoms with E-state index in [2.05, 4.69) is 42.0 Å². The van der Waals surface area contributed by atoms with Crippen molar-refractivity contribution in [2.24, 2.45) is 5.10 Å². The number of hydrogen-bond acceptors (Lipinski definition) is 10. The van der Waals surface area contributed by atoms with Crippen LogP contribution in [0.25, 0.3) is 0 Å². The van der Waals surface area contributed by atoms with Gasteiger partial charge in [-0.15, -0.1) is 10.2 Å². The number of hydrazone groups is 1. The van der Waals surface area contributed by atoms with Gasteiger partial charge in [-0.3, -0.25) is 14.9 Å². The number of amides is 2. The summed E-state index contributed by atoms with van der Waals surface area (Å²) in [5.41, 5.74) is 4.27. The van der Waals surface area contributed by atoms with E-state index in [-0.39, 0.29) is 33.9 Å². The number of rotatable bonds is 10. The van der Waals surface area contributed by atoms with E-state index >= 15 is 0 Å². The van der Waals surface area contributed by atoms with Crippen LogP contribution in [0.1, 0.15) is 26.5 Å².